The maximum absolute atomic E-state index is 10.2. The highest BCUT2D eigenvalue weighted by atomic mass is 16.5. The van der Waals surface area contributed by atoms with Crippen molar-refractivity contribution in [2.24, 2.45) is 11.8 Å². The van der Waals surface area contributed by atoms with Gasteiger partial charge in [-0.05, 0) is 44.4 Å². The second-order valence-electron chi connectivity index (χ2n) is 5.40. The molecular formula is C12H22O2. The van der Waals surface area contributed by atoms with Crippen LogP contribution in [0.15, 0.2) is 0 Å². The minimum Gasteiger partial charge on any atom is -0.390 e. The van der Waals surface area contributed by atoms with E-state index in [2.05, 4.69) is 0 Å². The molecule has 0 aromatic rings. The van der Waals surface area contributed by atoms with Crippen LogP contribution in [0.2, 0.25) is 0 Å². The van der Waals surface area contributed by atoms with Crippen LogP contribution in [0.4, 0.5) is 0 Å². The first-order chi connectivity index (χ1) is 6.66. The molecule has 1 unspecified atom stereocenters. The molecule has 0 aromatic carbocycles. The molecule has 2 rings (SSSR count). The van der Waals surface area contributed by atoms with Crippen molar-refractivity contribution in [2.45, 2.75) is 51.0 Å². The molecule has 0 spiro atoms. The third-order valence-corrected chi connectivity index (χ3v) is 3.49. The largest absolute Gasteiger partial charge is 0.390 e. The van der Waals surface area contributed by atoms with Crippen molar-refractivity contribution in [3.8, 4) is 0 Å². The summed E-state index contributed by atoms with van der Waals surface area (Å²) in [6, 6.07) is 0. The standard InChI is InChI=1S/C12H22O2/c1-12(13,8-10-2-3-10)9-11-4-6-14-7-5-11/h10-11,13H,2-9H2,1H3. The van der Waals surface area contributed by atoms with Crippen LogP contribution in [0.5, 0.6) is 0 Å². The van der Waals surface area contributed by atoms with Gasteiger partial charge < -0.3 is 9.84 Å². The summed E-state index contributed by atoms with van der Waals surface area (Å²) in [5.41, 5.74) is -0.414. The van der Waals surface area contributed by atoms with Crippen LogP contribution in [0.3, 0.4) is 0 Å². The maximum atomic E-state index is 10.2. The molecule has 1 aliphatic heterocycles. The topological polar surface area (TPSA) is 29.5 Å². The average molecular weight is 198 g/mol. The Balaban J connectivity index is 1.75. The Kier molecular flexibility index (Phi) is 3.13. The Hall–Kier alpha value is -0.0800. The molecule has 0 radical (unpaired) electrons. The molecule has 1 saturated carbocycles. The second-order valence-corrected chi connectivity index (χ2v) is 5.40. The molecule has 2 aliphatic rings. The van der Waals surface area contributed by atoms with E-state index < -0.39 is 5.60 Å². The van der Waals surface area contributed by atoms with E-state index in [1.807, 2.05) is 6.92 Å². The summed E-state index contributed by atoms with van der Waals surface area (Å²) in [5, 5.41) is 10.2. The quantitative estimate of drug-likeness (QED) is 0.751. The van der Waals surface area contributed by atoms with E-state index in [4.69, 9.17) is 4.74 Å². The van der Waals surface area contributed by atoms with Gasteiger partial charge in [-0.3, -0.25) is 0 Å². The van der Waals surface area contributed by atoms with E-state index in [1.165, 1.54) is 12.8 Å². The molecule has 14 heavy (non-hydrogen) atoms. The van der Waals surface area contributed by atoms with Gasteiger partial charge in [0.25, 0.3) is 0 Å². The Labute approximate surface area is 86.6 Å². The number of ether oxygens (including phenoxy) is 1. The van der Waals surface area contributed by atoms with Gasteiger partial charge in [-0.1, -0.05) is 12.8 Å². The summed E-state index contributed by atoms with van der Waals surface area (Å²) in [6.07, 6.45) is 6.95. The molecule has 82 valence electrons. The van der Waals surface area contributed by atoms with E-state index >= 15 is 0 Å². The van der Waals surface area contributed by atoms with Gasteiger partial charge in [0.05, 0.1) is 5.60 Å². The van der Waals surface area contributed by atoms with Gasteiger partial charge in [0.2, 0.25) is 0 Å². The lowest BCUT2D eigenvalue weighted by Gasteiger charge is -2.30. The fraction of sp³-hybridized carbons (Fsp3) is 1.00. The zero-order chi connectivity index (χ0) is 10.0. The van der Waals surface area contributed by atoms with Crippen molar-refractivity contribution in [2.75, 3.05) is 13.2 Å². The zero-order valence-corrected chi connectivity index (χ0v) is 9.17. The Morgan fingerprint density at radius 2 is 1.57 bits per heavy atom. The number of aliphatic hydroxyl groups is 1. The van der Waals surface area contributed by atoms with E-state index in [9.17, 15) is 5.11 Å². The Morgan fingerprint density at radius 1 is 1.07 bits per heavy atom. The predicted octanol–water partition coefficient (Wildman–Crippen LogP) is 2.35. The van der Waals surface area contributed by atoms with Crippen LogP contribution in [-0.2, 0) is 4.74 Å². The molecule has 2 heteroatoms. The molecule has 0 amide bonds. The minimum atomic E-state index is -0.414. The highest BCUT2D eigenvalue weighted by Gasteiger charge is 2.33. The first-order valence-electron chi connectivity index (χ1n) is 5.96. The predicted molar refractivity (Wildman–Crippen MR) is 56.1 cm³/mol. The van der Waals surface area contributed by atoms with Gasteiger partial charge in [0.15, 0.2) is 0 Å². The van der Waals surface area contributed by atoms with Crippen molar-refractivity contribution in [3.05, 3.63) is 0 Å². The number of rotatable bonds is 4. The van der Waals surface area contributed by atoms with Gasteiger partial charge in [-0.25, -0.2) is 0 Å². The average Bonchev–Trinajstić information content (AvgIpc) is 2.88. The minimum absolute atomic E-state index is 0.414. The van der Waals surface area contributed by atoms with Gasteiger partial charge in [-0.2, -0.15) is 0 Å². The van der Waals surface area contributed by atoms with E-state index in [1.54, 1.807) is 0 Å². The van der Waals surface area contributed by atoms with Crippen molar-refractivity contribution in [1.29, 1.82) is 0 Å². The molecule has 1 atom stereocenters. The maximum Gasteiger partial charge on any atom is 0.0625 e. The fourth-order valence-electron chi connectivity index (χ4n) is 2.60. The third kappa shape index (κ3) is 3.25. The highest BCUT2D eigenvalue weighted by Crippen LogP contribution is 2.39. The van der Waals surface area contributed by atoms with Gasteiger partial charge in [0.1, 0.15) is 0 Å². The molecule has 1 aliphatic carbocycles. The van der Waals surface area contributed by atoms with Crippen LogP contribution in [0, 0.1) is 11.8 Å². The molecule has 1 saturated heterocycles. The van der Waals surface area contributed by atoms with Crippen molar-refractivity contribution in [1.82, 2.24) is 0 Å². The molecule has 0 bridgehead atoms. The lowest BCUT2D eigenvalue weighted by Crippen LogP contribution is -2.30. The van der Waals surface area contributed by atoms with E-state index in [0.29, 0.717) is 5.92 Å². The first kappa shape index (κ1) is 10.4. The lowest BCUT2D eigenvalue weighted by molar-refractivity contribution is -0.00826. The lowest BCUT2D eigenvalue weighted by atomic mass is 9.84. The summed E-state index contributed by atoms with van der Waals surface area (Å²) in [7, 11) is 0. The van der Waals surface area contributed by atoms with Gasteiger partial charge >= 0.3 is 0 Å². The Morgan fingerprint density at radius 3 is 2.07 bits per heavy atom. The van der Waals surface area contributed by atoms with Gasteiger partial charge in [0, 0.05) is 13.2 Å². The van der Waals surface area contributed by atoms with E-state index in [0.717, 1.165) is 44.8 Å². The summed E-state index contributed by atoms with van der Waals surface area (Å²) in [5.74, 6) is 1.52. The molecule has 2 nitrogen and oxygen atoms in total. The van der Waals surface area contributed by atoms with Crippen LogP contribution in [0.25, 0.3) is 0 Å². The monoisotopic (exact) mass is 198 g/mol. The second kappa shape index (κ2) is 4.19. The zero-order valence-electron chi connectivity index (χ0n) is 9.17. The van der Waals surface area contributed by atoms with Crippen LogP contribution < -0.4 is 0 Å². The molecule has 0 aromatic heterocycles. The molecule has 1 heterocycles. The van der Waals surface area contributed by atoms with E-state index in [-0.39, 0.29) is 0 Å². The summed E-state index contributed by atoms with van der Waals surface area (Å²) in [6.45, 7) is 3.80. The summed E-state index contributed by atoms with van der Waals surface area (Å²) >= 11 is 0. The van der Waals surface area contributed by atoms with Crippen molar-refractivity contribution in [3.63, 3.8) is 0 Å². The normalized spacial score (nSPS) is 28.7. The molecule has 2 fully saturated rings. The van der Waals surface area contributed by atoms with Crippen LogP contribution >= 0.6 is 0 Å². The van der Waals surface area contributed by atoms with Crippen molar-refractivity contribution >= 4 is 0 Å². The van der Waals surface area contributed by atoms with Crippen LogP contribution in [0.1, 0.15) is 45.4 Å². The highest BCUT2D eigenvalue weighted by molar-refractivity contribution is 4.85. The smallest absolute Gasteiger partial charge is 0.0625 e. The fourth-order valence-corrected chi connectivity index (χ4v) is 2.60. The molecular weight excluding hydrogens is 176 g/mol. The summed E-state index contributed by atoms with van der Waals surface area (Å²) < 4.78 is 5.33. The number of hydrogen-bond acceptors (Lipinski definition) is 2. The Bertz CT molecular complexity index is 179. The van der Waals surface area contributed by atoms with Gasteiger partial charge in [-0.15, -0.1) is 0 Å². The first-order valence-corrected chi connectivity index (χ1v) is 5.96. The number of hydrogen-bond donors (Lipinski definition) is 1. The van der Waals surface area contributed by atoms with Crippen LogP contribution in [-0.4, -0.2) is 23.9 Å². The SMILES string of the molecule is CC(O)(CC1CCOCC1)CC1CC1. The third-order valence-electron chi connectivity index (χ3n) is 3.49. The van der Waals surface area contributed by atoms with Crippen molar-refractivity contribution < 1.29 is 9.84 Å². The molecule has 1 N–H and O–H groups in total. The summed E-state index contributed by atoms with van der Waals surface area (Å²) in [4.78, 5) is 0.